The highest BCUT2D eigenvalue weighted by Gasteiger charge is 2.52. The van der Waals surface area contributed by atoms with Gasteiger partial charge < -0.3 is 24.7 Å². The third kappa shape index (κ3) is 7.56. The van der Waals surface area contributed by atoms with Gasteiger partial charge in [0.1, 0.15) is 0 Å². The third-order valence-electron chi connectivity index (χ3n) is 18.0. The molecule has 8 bridgehead atoms. The lowest BCUT2D eigenvalue weighted by molar-refractivity contribution is -0.0686. The van der Waals surface area contributed by atoms with Crippen LogP contribution in [-0.2, 0) is 6.54 Å². The van der Waals surface area contributed by atoms with E-state index in [-0.39, 0.29) is 18.0 Å². The summed E-state index contributed by atoms with van der Waals surface area (Å²) in [5.41, 5.74) is 6.48. The van der Waals surface area contributed by atoms with Gasteiger partial charge in [-0.3, -0.25) is 9.59 Å². The molecule has 1 aliphatic heterocycles. The van der Waals surface area contributed by atoms with Gasteiger partial charge in [0, 0.05) is 53.5 Å². The number of carbonyl (C=O) groups is 1. The summed E-state index contributed by atoms with van der Waals surface area (Å²) in [5, 5.41) is 4.11. The van der Waals surface area contributed by atoms with E-state index in [2.05, 4.69) is 56.7 Å². The van der Waals surface area contributed by atoms with Crippen molar-refractivity contribution in [2.45, 2.75) is 143 Å². The van der Waals surface area contributed by atoms with Crippen LogP contribution in [0.4, 0.5) is 0 Å². The van der Waals surface area contributed by atoms with Crippen LogP contribution in [0.25, 0.3) is 10.9 Å². The monoisotopic (exact) mass is 788 g/mol. The summed E-state index contributed by atoms with van der Waals surface area (Å²) in [4.78, 5) is 35.3. The minimum absolute atomic E-state index is 0.107. The second-order valence-electron chi connectivity index (χ2n) is 22.1. The molecule has 0 spiro atoms. The Morgan fingerprint density at radius 1 is 0.810 bits per heavy atom. The summed E-state index contributed by atoms with van der Waals surface area (Å²) in [5.74, 6) is 6.76. The Kier molecular flexibility index (Phi) is 10.5. The molecule has 2 aromatic heterocycles. The average molecular weight is 788 g/mol. The first kappa shape index (κ1) is 39.2. The maximum Gasteiger partial charge on any atom is 0.254 e. The molecule has 314 valence electrons. The summed E-state index contributed by atoms with van der Waals surface area (Å²) in [6, 6.07) is 10.7. The van der Waals surface area contributed by atoms with Crippen LogP contribution >= 0.6 is 0 Å². The Balaban J connectivity index is 0.783. The summed E-state index contributed by atoms with van der Waals surface area (Å²) in [6.07, 6.45) is 23.9. The summed E-state index contributed by atoms with van der Waals surface area (Å²) in [7, 11) is 0. The number of nitrogens with one attached hydrogen (secondary N) is 2. The molecule has 1 saturated heterocycles. The number of hydrogen-bond donors (Lipinski definition) is 2. The smallest absolute Gasteiger partial charge is 0.254 e. The number of carbonyl (C=O) groups excluding carboxylic acids is 1. The van der Waals surface area contributed by atoms with E-state index in [0.29, 0.717) is 28.4 Å². The molecule has 0 radical (unpaired) electrons. The first-order chi connectivity index (χ1) is 28.0. The van der Waals surface area contributed by atoms with E-state index in [1.54, 1.807) is 77.0 Å². The van der Waals surface area contributed by atoms with Gasteiger partial charge >= 0.3 is 0 Å². The van der Waals surface area contributed by atoms with E-state index in [1.165, 1.54) is 65.0 Å². The second-order valence-corrected chi connectivity index (χ2v) is 22.1. The minimum Gasteiger partial charge on any atom is -0.348 e. The molecule has 1 aromatic carbocycles. The lowest BCUT2D eigenvalue weighted by Gasteiger charge is -2.58. The number of aromatic nitrogens is 2. The molecule has 8 aliphatic carbocycles. The second kappa shape index (κ2) is 15.5. The van der Waals surface area contributed by atoms with Crippen molar-refractivity contribution in [3.05, 3.63) is 68.8 Å². The number of piperidine rings is 1. The molecule has 9 fully saturated rings. The van der Waals surface area contributed by atoms with Gasteiger partial charge in [-0.25, -0.2) is 0 Å². The van der Waals surface area contributed by atoms with Crippen LogP contribution in [0, 0.1) is 73.0 Å². The lowest BCUT2D eigenvalue weighted by Crippen LogP contribution is -2.49. The lowest BCUT2D eigenvalue weighted by atomic mass is 9.48. The van der Waals surface area contributed by atoms with Crippen LogP contribution in [0.15, 0.2) is 35.1 Å². The van der Waals surface area contributed by atoms with Gasteiger partial charge in [0.2, 0.25) is 0 Å². The van der Waals surface area contributed by atoms with E-state index in [0.717, 1.165) is 68.9 Å². The largest absolute Gasteiger partial charge is 0.348 e. The van der Waals surface area contributed by atoms with Gasteiger partial charge in [0.15, 0.2) is 0 Å². The fraction of sp³-hybridized carbons (Fsp3) is 0.725. The van der Waals surface area contributed by atoms with Gasteiger partial charge in [-0.15, -0.1) is 0 Å². The predicted octanol–water partition coefficient (Wildman–Crippen LogP) is 9.97. The maximum atomic E-state index is 13.9. The van der Waals surface area contributed by atoms with E-state index >= 15 is 0 Å². The maximum absolute atomic E-state index is 13.9. The number of hydrogen-bond acceptors (Lipinski definition) is 4. The van der Waals surface area contributed by atoms with Gasteiger partial charge in [0.25, 0.3) is 11.5 Å². The molecule has 8 saturated carbocycles. The van der Waals surface area contributed by atoms with E-state index in [9.17, 15) is 9.59 Å². The summed E-state index contributed by atoms with van der Waals surface area (Å²) < 4.78 is 2.45. The Hall–Kier alpha value is -2.90. The number of aryl methyl sites for hydroxylation is 2. The topological polar surface area (TPSA) is 73.4 Å². The van der Waals surface area contributed by atoms with E-state index in [4.69, 9.17) is 0 Å². The van der Waals surface area contributed by atoms with Crippen LogP contribution in [0.1, 0.15) is 149 Å². The molecule has 1 atom stereocenters. The Morgan fingerprint density at radius 2 is 1.34 bits per heavy atom. The number of rotatable bonds is 14. The minimum atomic E-state index is -0.125. The molecule has 3 heterocycles. The van der Waals surface area contributed by atoms with Crippen molar-refractivity contribution >= 4 is 16.8 Å². The third-order valence-corrected chi connectivity index (χ3v) is 18.0. The molecule has 9 aliphatic rings. The Labute approximate surface area is 348 Å². The van der Waals surface area contributed by atoms with Crippen molar-refractivity contribution in [3.8, 4) is 0 Å². The molecule has 0 unspecified atom stereocenters. The zero-order valence-corrected chi connectivity index (χ0v) is 36.4. The Morgan fingerprint density at radius 3 is 1.88 bits per heavy atom. The number of aromatic amines is 1. The van der Waals surface area contributed by atoms with Gasteiger partial charge in [-0.2, -0.15) is 0 Å². The van der Waals surface area contributed by atoms with Crippen LogP contribution in [0.5, 0.6) is 0 Å². The highest BCUT2D eigenvalue weighted by atomic mass is 16.2. The van der Waals surface area contributed by atoms with E-state index in [1.807, 2.05) is 26.0 Å². The van der Waals surface area contributed by atoms with Crippen molar-refractivity contribution in [2.24, 2.45) is 52.3 Å². The molecule has 1 amide bonds. The highest BCUT2D eigenvalue weighted by Crippen LogP contribution is 2.62. The number of fused-ring (bicyclic) bond motifs is 1. The molecular formula is C51H73N5O2. The first-order valence-corrected chi connectivity index (χ1v) is 24.0. The average Bonchev–Trinajstić information content (AvgIpc) is 3.47. The SMILES string of the molecule is Cc1cc(C)c(CNC(=O)c2c(C)n([C@@H](C)C3CCN(CCN(CCC45CC6CC(CC(C6)C4)C5)CCC45CC6CC(CC(C6)C4)C5)CC3)c3ccccc23)c(=O)[nH]1. The van der Waals surface area contributed by atoms with Crippen molar-refractivity contribution in [3.63, 3.8) is 0 Å². The fourth-order valence-electron chi connectivity index (χ4n) is 16.0. The summed E-state index contributed by atoms with van der Waals surface area (Å²) >= 11 is 0. The quantitative estimate of drug-likeness (QED) is 0.171. The molecule has 2 N–H and O–H groups in total. The number of nitrogens with zero attached hydrogens (tertiary/aromatic N) is 3. The zero-order chi connectivity index (χ0) is 39.8. The van der Waals surface area contributed by atoms with Crippen LogP contribution in [0.2, 0.25) is 0 Å². The van der Waals surface area contributed by atoms with Crippen LogP contribution in [0.3, 0.4) is 0 Å². The van der Waals surface area contributed by atoms with Crippen molar-refractivity contribution in [1.82, 2.24) is 24.7 Å². The fourth-order valence-corrected chi connectivity index (χ4v) is 16.0. The van der Waals surface area contributed by atoms with Crippen LogP contribution < -0.4 is 10.9 Å². The highest BCUT2D eigenvalue weighted by molar-refractivity contribution is 6.08. The molecular weight excluding hydrogens is 715 g/mol. The number of pyridine rings is 1. The number of H-pyrrole nitrogens is 1. The first-order valence-electron chi connectivity index (χ1n) is 24.0. The molecule has 12 rings (SSSR count). The molecule has 7 nitrogen and oxygen atoms in total. The van der Waals surface area contributed by atoms with Crippen molar-refractivity contribution in [2.75, 3.05) is 39.3 Å². The zero-order valence-electron chi connectivity index (χ0n) is 36.4. The van der Waals surface area contributed by atoms with Gasteiger partial charge in [0.05, 0.1) is 5.56 Å². The number of para-hydroxylation sites is 1. The molecule has 7 heteroatoms. The van der Waals surface area contributed by atoms with E-state index < -0.39 is 0 Å². The normalized spacial score (nSPS) is 33.5. The number of amides is 1. The standard InChI is InChI=1S/C51H73N5O2/c1-33-19-34(2)53-48(57)45(33)32-52-49(58)47-36(4)56(46-8-6-5-7-44(46)47)35(3)43-9-13-54(14-10-43)17-18-55(15-11-50-26-37-20-38(27-50)22-39(21-37)28-50)16-12-51-29-40-23-41(30-51)25-42(24-40)31-51/h5-8,19,35,37-43H,9-18,20-32H2,1-4H3,(H,52,58)(H,53,57)/t35-,37?,38?,39?,40?,41?,42?,50?,51?/m0/s1. The Bertz CT molecular complexity index is 1930. The summed E-state index contributed by atoms with van der Waals surface area (Å²) in [6.45, 7) is 16.0. The molecule has 58 heavy (non-hydrogen) atoms. The van der Waals surface area contributed by atoms with Gasteiger partial charge in [-0.1, -0.05) is 18.2 Å². The number of likely N-dealkylation sites (tertiary alicyclic amines) is 1. The van der Waals surface area contributed by atoms with Crippen molar-refractivity contribution in [1.29, 1.82) is 0 Å². The number of benzene rings is 1. The van der Waals surface area contributed by atoms with Gasteiger partial charge in [-0.05, 0) is 227 Å². The predicted molar refractivity (Wildman–Crippen MR) is 235 cm³/mol. The van der Waals surface area contributed by atoms with Crippen LogP contribution in [-0.4, -0.2) is 64.5 Å². The molecule has 3 aromatic rings. The van der Waals surface area contributed by atoms with Crippen molar-refractivity contribution < 1.29 is 4.79 Å².